The highest BCUT2D eigenvalue weighted by molar-refractivity contribution is 5.68. The minimum atomic E-state index is -0.433. The van der Waals surface area contributed by atoms with Crippen molar-refractivity contribution in [1.29, 1.82) is 0 Å². The fourth-order valence-corrected chi connectivity index (χ4v) is 2.42. The van der Waals surface area contributed by atoms with Crippen LogP contribution >= 0.6 is 0 Å². The third kappa shape index (κ3) is 3.53. The molecule has 0 fully saturated rings. The topological polar surface area (TPSA) is 29.5 Å². The molecular weight excluding hydrogens is 250 g/mol. The van der Waals surface area contributed by atoms with Gasteiger partial charge in [0.2, 0.25) is 0 Å². The summed E-state index contributed by atoms with van der Waals surface area (Å²) in [5, 5.41) is 0. The van der Waals surface area contributed by atoms with Crippen molar-refractivity contribution in [3.8, 4) is 0 Å². The second-order valence-corrected chi connectivity index (χ2v) is 6.83. The Morgan fingerprint density at radius 3 is 2.55 bits per heavy atom. The summed E-state index contributed by atoms with van der Waals surface area (Å²) in [6.07, 6.45) is 0.700. The van der Waals surface area contributed by atoms with Crippen LogP contribution in [0.5, 0.6) is 0 Å². The van der Waals surface area contributed by atoms with Crippen LogP contribution < -0.4 is 0 Å². The Bertz CT molecular complexity index is 500. The number of nitrogens with zero attached hydrogens (tertiary/aromatic N) is 1. The number of hydrogen-bond donors (Lipinski definition) is 0. The Labute approximate surface area is 121 Å². The molecule has 110 valence electrons. The quantitative estimate of drug-likeness (QED) is 0.772. The van der Waals surface area contributed by atoms with Gasteiger partial charge >= 0.3 is 6.09 Å². The summed E-state index contributed by atoms with van der Waals surface area (Å²) in [4.78, 5) is 13.9. The first-order chi connectivity index (χ1) is 9.26. The van der Waals surface area contributed by atoms with Crippen molar-refractivity contribution in [2.24, 2.45) is 0 Å². The zero-order valence-corrected chi connectivity index (χ0v) is 13.2. The zero-order chi connectivity index (χ0) is 14.9. The van der Waals surface area contributed by atoms with Crippen LogP contribution in [0.15, 0.2) is 18.2 Å². The summed E-state index contributed by atoms with van der Waals surface area (Å²) >= 11 is 0. The number of hydrogen-bond acceptors (Lipinski definition) is 2. The van der Waals surface area contributed by atoms with E-state index in [-0.39, 0.29) is 6.09 Å². The molecule has 0 bridgehead atoms. The van der Waals surface area contributed by atoms with Gasteiger partial charge in [-0.05, 0) is 49.8 Å². The first-order valence-electron chi connectivity index (χ1n) is 7.36. The number of carbonyl (C=O) groups excluding carboxylic acids is 1. The Morgan fingerprint density at radius 1 is 1.25 bits per heavy atom. The van der Waals surface area contributed by atoms with E-state index < -0.39 is 5.60 Å². The molecule has 1 aliphatic heterocycles. The smallest absolute Gasteiger partial charge is 0.410 e. The molecule has 0 saturated carbocycles. The van der Waals surface area contributed by atoms with Gasteiger partial charge in [0.25, 0.3) is 0 Å². The molecule has 0 N–H and O–H groups in total. The van der Waals surface area contributed by atoms with Gasteiger partial charge in [-0.2, -0.15) is 0 Å². The van der Waals surface area contributed by atoms with Crippen molar-refractivity contribution in [2.75, 3.05) is 6.54 Å². The van der Waals surface area contributed by atoms with Gasteiger partial charge in [0, 0.05) is 13.1 Å². The fraction of sp³-hybridized carbons (Fsp3) is 0.588. The molecule has 1 aromatic rings. The van der Waals surface area contributed by atoms with Crippen molar-refractivity contribution >= 4 is 6.09 Å². The maximum atomic E-state index is 12.1. The molecular formula is C17H25NO2. The summed E-state index contributed by atoms with van der Waals surface area (Å²) in [5.41, 5.74) is 3.51. The maximum absolute atomic E-state index is 12.1. The van der Waals surface area contributed by atoms with Crippen molar-refractivity contribution in [1.82, 2.24) is 4.90 Å². The molecule has 1 amide bonds. The normalized spacial score (nSPS) is 15.2. The molecule has 20 heavy (non-hydrogen) atoms. The van der Waals surface area contributed by atoms with Gasteiger partial charge in [0.05, 0.1) is 0 Å². The molecule has 1 aromatic carbocycles. The average molecular weight is 275 g/mol. The Balaban J connectivity index is 2.13. The Kier molecular flexibility index (Phi) is 4.07. The van der Waals surface area contributed by atoms with E-state index in [2.05, 4.69) is 32.0 Å². The molecule has 0 saturated heterocycles. The highest BCUT2D eigenvalue weighted by atomic mass is 16.6. The van der Waals surface area contributed by atoms with Crippen LogP contribution in [0.3, 0.4) is 0 Å². The lowest BCUT2D eigenvalue weighted by Gasteiger charge is -2.31. The van der Waals surface area contributed by atoms with E-state index in [9.17, 15) is 4.79 Å². The predicted molar refractivity (Wildman–Crippen MR) is 80.9 cm³/mol. The molecule has 3 heteroatoms. The molecule has 3 nitrogen and oxygen atoms in total. The summed E-state index contributed by atoms with van der Waals surface area (Å²) < 4.78 is 5.46. The largest absolute Gasteiger partial charge is 0.444 e. The van der Waals surface area contributed by atoms with E-state index in [1.165, 1.54) is 16.7 Å². The summed E-state index contributed by atoms with van der Waals surface area (Å²) in [6.45, 7) is 11.5. The van der Waals surface area contributed by atoms with Crippen molar-refractivity contribution < 1.29 is 9.53 Å². The van der Waals surface area contributed by atoms with Crippen LogP contribution in [0.2, 0.25) is 0 Å². The number of rotatable bonds is 1. The highest BCUT2D eigenvalue weighted by Gasteiger charge is 2.25. The second kappa shape index (κ2) is 5.47. The summed E-state index contributed by atoms with van der Waals surface area (Å²) in [7, 11) is 0. The summed E-state index contributed by atoms with van der Waals surface area (Å²) in [5.74, 6) is 0.511. The number of amides is 1. The van der Waals surface area contributed by atoms with Crippen LogP contribution in [0, 0.1) is 0 Å². The van der Waals surface area contributed by atoms with Crippen molar-refractivity contribution in [2.45, 2.75) is 59.1 Å². The van der Waals surface area contributed by atoms with E-state index in [1.807, 2.05) is 20.8 Å². The minimum absolute atomic E-state index is 0.210. The lowest BCUT2D eigenvalue weighted by Crippen LogP contribution is -2.39. The standard InChI is InChI=1S/C17H25NO2/c1-12(2)14-7-6-13-8-9-18(11-15(13)10-14)16(19)20-17(3,4)5/h6-7,10,12H,8-9,11H2,1-5H3. The van der Waals surface area contributed by atoms with E-state index in [4.69, 9.17) is 4.74 Å². The third-order valence-corrected chi connectivity index (χ3v) is 3.56. The molecule has 0 atom stereocenters. The first kappa shape index (κ1) is 14.9. The second-order valence-electron chi connectivity index (χ2n) is 6.83. The van der Waals surface area contributed by atoms with Gasteiger partial charge in [0.15, 0.2) is 0 Å². The van der Waals surface area contributed by atoms with Crippen molar-refractivity contribution in [3.63, 3.8) is 0 Å². The zero-order valence-electron chi connectivity index (χ0n) is 13.2. The van der Waals surface area contributed by atoms with Crippen molar-refractivity contribution in [3.05, 3.63) is 34.9 Å². The van der Waals surface area contributed by atoms with Gasteiger partial charge in [-0.15, -0.1) is 0 Å². The van der Waals surface area contributed by atoms with E-state index in [0.717, 1.165) is 13.0 Å². The van der Waals surface area contributed by atoms with Crippen LogP contribution in [0.4, 0.5) is 4.79 Å². The lowest BCUT2D eigenvalue weighted by atomic mass is 9.93. The van der Waals surface area contributed by atoms with E-state index in [0.29, 0.717) is 12.5 Å². The minimum Gasteiger partial charge on any atom is -0.444 e. The molecule has 1 aliphatic rings. The van der Waals surface area contributed by atoms with Gasteiger partial charge in [-0.25, -0.2) is 4.79 Å². The molecule has 1 heterocycles. The van der Waals surface area contributed by atoms with Crippen LogP contribution in [0.25, 0.3) is 0 Å². The van der Waals surface area contributed by atoms with E-state index >= 15 is 0 Å². The van der Waals surface area contributed by atoms with Gasteiger partial charge in [-0.3, -0.25) is 0 Å². The number of fused-ring (bicyclic) bond motifs is 1. The lowest BCUT2D eigenvalue weighted by molar-refractivity contribution is 0.0224. The van der Waals surface area contributed by atoms with E-state index in [1.54, 1.807) is 4.90 Å². The molecule has 2 rings (SSSR count). The van der Waals surface area contributed by atoms with Crippen LogP contribution in [-0.4, -0.2) is 23.1 Å². The van der Waals surface area contributed by atoms with Crippen LogP contribution in [0.1, 0.15) is 57.2 Å². The average Bonchev–Trinajstić information content (AvgIpc) is 2.35. The molecule has 0 radical (unpaired) electrons. The van der Waals surface area contributed by atoms with Crippen LogP contribution in [-0.2, 0) is 17.7 Å². The number of ether oxygens (including phenoxy) is 1. The highest BCUT2D eigenvalue weighted by Crippen LogP contribution is 2.25. The maximum Gasteiger partial charge on any atom is 0.410 e. The third-order valence-electron chi connectivity index (χ3n) is 3.56. The van der Waals surface area contributed by atoms with Gasteiger partial charge in [-0.1, -0.05) is 32.0 Å². The first-order valence-corrected chi connectivity index (χ1v) is 7.36. The molecule has 0 spiro atoms. The molecule has 0 unspecified atom stereocenters. The van der Waals surface area contributed by atoms with Gasteiger partial charge < -0.3 is 9.64 Å². The Hall–Kier alpha value is -1.51. The Morgan fingerprint density at radius 2 is 1.95 bits per heavy atom. The fourth-order valence-electron chi connectivity index (χ4n) is 2.42. The molecule has 0 aliphatic carbocycles. The monoisotopic (exact) mass is 275 g/mol. The van der Waals surface area contributed by atoms with Gasteiger partial charge in [0.1, 0.15) is 5.60 Å². The molecule has 0 aromatic heterocycles. The predicted octanol–water partition coefficient (Wildman–Crippen LogP) is 4.10. The number of benzene rings is 1. The summed E-state index contributed by atoms with van der Waals surface area (Å²) in [6, 6.07) is 6.64. The number of carbonyl (C=O) groups is 1. The SMILES string of the molecule is CC(C)c1ccc2c(c1)CN(C(=O)OC(C)(C)C)CC2.